The molecule has 4 nitrogen and oxygen atoms in total. The summed E-state index contributed by atoms with van der Waals surface area (Å²) < 4.78 is 0. The van der Waals surface area contributed by atoms with Crippen molar-refractivity contribution in [3.63, 3.8) is 0 Å². The molecular formula is C14H14N2O2. The first-order chi connectivity index (χ1) is 8.70. The van der Waals surface area contributed by atoms with Crippen LogP contribution >= 0.6 is 0 Å². The number of anilines is 1. The summed E-state index contributed by atoms with van der Waals surface area (Å²) in [6, 6.07) is 13.6. The molecule has 92 valence electrons. The number of phenols is 1. The fourth-order valence-corrected chi connectivity index (χ4v) is 1.70. The van der Waals surface area contributed by atoms with Crippen LogP contribution < -0.4 is 11.1 Å². The van der Waals surface area contributed by atoms with Crippen molar-refractivity contribution in [1.29, 1.82) is 0 Å². The zero-order chi connectivity index (χ0) is 13.0. The summed E-state index contributed by atoms with van der Waals surface area (Å²) in [4.78, 5) is 12.1. The number of nitrogens with one attached hydrogen (secondary N) is 1. The van der Waals surface area contributed by atoms with E-state index in [1.165, 1.54) is 6.07 Å². The normalized spacial score (nSPS) is 10.1. The molecule has 0 saturated carbocycles. The van der Waals surface area contributed by atoms with E-state index in [4.69, 9.17) is 5.73 Å². The van der Waals surface area contributed by atoms with Gasteiger partial charge in [0, 0.05) is 23.9 Å². The van der Waals surface area contributed by atoms with Crippen LogP contribution in [0.5, 0.6) is 5.75 Å². The maximum Gasteiger partial charge on any atom is 0.255 e. The van der Waals surface area contributed by atoms with Crippen LogP contribution in [0, 0.1) is 0 Å². The molecule has 0 fully saturated rings. The number of aromatic hydroxyl groups is 1. The van der Waals surface area contributed by atoms with Crippen LogP contribution in [0.3, 0.4) is 0 Å². The number of amides is 1. The number of benzene rings is 2. The maximum atomic E-state index is 12.1. The van der Waals surface area contributed by atoms with Gasteiger partial charge in [0.05, 0.1) is 0 Å². The van der Waals surface area contributed by atoms with Crippen LogP contribution in [0.15, 0.2) is 48.5 Å². The van der Waals surface area contributed by atoms with E-state index in [1.807, 2.05) is 12.1 Å². The number of rotatable bonds is 3. The Bertz CT molecular complexity index is 567. The van der Waals surface area contributed by atoms with E-state index < -0.39 is 0 Å². The van der Waals surface area contributed by atoms with Gasteiger partial charge < -0.3 is 16.2 Å². The highest BCUT2D eigenvalue weighted by molar-refractivity contribution is 6.05. The molecule has 0 unspecified atom stereocenters. The molecule has 1 amide bonds. The highest BCUT2D eigenvalue weighted by atomic mass is 16.3. The predicted octanol–water partition coefficient (Wildman–Crippen LogP) is 2.10. The van der Waals surface area contributed by atoms with E-state index in [1.54, 1.807) is 30.3 Å². The van der Waals surface area contributed by atoms with Crippen LogP contribution in [0.4, 0.5) is 5.69 Å². The van der Waals surface area contributed by atoms with E-state index in [0.29, 0.717) is 17.8 Å². The maximum absolute atomic E-state index is 12.1. The Hall–Kier alpha value is -2.33. The van der Waals surface area contributed by atoms with Crippen molar-refractivity contribution < 1.29 is 9.90 Å². The van der Waals surface area contributed by atoms with E-state index >= 15 is 0 Å². The second-order valence-electron chi connectivity index (χ2n) is 3.87. The first-order valence-corrected chi connectivity index (χ1v) is 5.59. The standard InChI is InChI=1S/C14H14N2O2/c15-9-10-4-1-2-7-13(10)14(18)16-11-5-3-6-12(17)8-11/h1-8,17H,9,15H2,(H,16,18). The van der Waals surface area contributed by atoms with Crippen molar-refractivity contribution in [2.45, 2.75) is 6.54 Å². The Morgan fingerprint density at radius 2 is 1.94 bits per heavy atom. The van der Waals surface area contributed by atoms with Gasteiger partial charge in [0.2, 0.25) is 0 Å². The topological polar surface area (TPSA) is 75.4 Å². The Kier molecular flexibility index (Phi) is 3.60. The molecule has 0 aromatic heterocycles. The molecule has 2 aromatic carbocycles. The Labute approximate surface area is 105 Å². The first kappa shape index (κ1) is 12.1. The molecular weight excluding hydrogens is 228 g/mol. The van der Waals surface area contributed by atoms with Gasteiger partial charge in [0.15, 0.2) is 0 Å². The van der Waals surface area contributed by atoms with Crippen LogP contribution in [0.2, 0.25) is 0 Å². The predicted molar refractivity (Wildman–Crippen MR) is 70.4 cm³/mol. The van der Waals surface area contributed by atoms with Crippen molar-refractivity contribution in [2.75, 3.05) is 5.32 Å². The van der Waals surface area contributed by atoms with E-state index in [-0.39, 0.29) is 11.7 Å². The van der Waals surface area contributed by atoms with Gasteiger partial charge in [-0.05, 0) is 23.8 Å². The minimum Gasteiger partial charge on any atom is -0.508 e. The van der Waals surface area contributed by atoms with Crippen molar-refractivity contribution in [3.05, 3.63) is 59.7 Å². The van der Waals surface area contributed by atoms with Crippen LogP contribution in [-0.4, -0.2) is 11.0 Å². The van der Waals surface area contributed by atoms with Gasteiger partial charge in [0.1, 0.15) is 5.75 Å². The number of nitrogens with two attached hydrogens (primary N) is 1. The molecule has 0 aliphatic heterocycles. The quantitative estimate of drug-likeness (QED) is 0.771. The lowest BCUT2D eigenvalue weighted by atomic mass is 10.1. The third-order valence-electron chi connectivity index (χ3n) is 2.59. The Morgan fingerprint density at radius 3 is 2.67 bits per heavy atom. The second kappa shape index (κ2) is 5.33. The largest absolute Gasteiger partial charge is 0.508 e. The third-order valence-corrected chi connectivity index (χ3v) is 2.59. The summed E-state index contributed by atoms with van der Waals surface area (Å²) in [5.74, 6) is -0.124. The molecule has 2 rings (SSSR count). The highest BCUT2D eigenvalue weighted by Crippen LogP contribution is 2.17. The molecule has 0 aliphatic carbocycles. The molecule has 0 heterocycles. The van der Waals surface area contributed by atoms with Crippen LogP contribution in [0.1, 0.15) is 15.9 Å². The molecule has 18 heavy (non-hydrogen) atoms. The van der Waals surface area contributed by atoms with Gasteiger partial charge >= 0.3 is 0 Å². The Balaban J connectivity index is 2.22. The fraction of sp³-hybridized carbons (Fsp3) is 0.0714. The molecule has 4 heteroatoms. The minimum atomic E-state index is -0.235. The Morgan fingerprint density at radius 1 is 1.17 bits per heavy atom. The SMILES string of the molecule is NCc1ccccc1C(=O)Nc1cccc(O)c1. The second-order valence-corrected chi connectivity index (χ2v) is 3.87. The molecule has 2 aromatic rings. The smallest absolute Gasteiger partial charge is 0.255 e. The van der Waals surface area contributed by atoms with Gasteiger partial charge in [-0.25, -0.2) is 0 Å². The molecule has 0 aliphatic rings. The van der Waals surface area contributed by atoms with Crippen LogP contribution in [0.25, 0.3) is 0 Å². The van der Waals surface area contributed by atoms with Crippen molar-refractivity contribution in [2.24, 2.45) is 5.73 Å². The number of phenolic OH excluding ortho intramolecular Hbond substituents is 1. The average molecular weight is 242 g/mol. The molecule has 0 spiro atoms. The molecule has 0 atom stereocenters. The first-order valence-electron chi connectivity index (χ1n) is 5.59. The highest BCUT2D eigenvalue weighted by Gasteiger charge is 2.10. The summed E-state index contributed by atoms with van der Waals surface area (Å²) in [5.41, 5.74) is 7.47. The van der Waals surface area contributed by atoms with Gasteiger partial charge in [-0.1, -0.05) is 24.3 Å². The average Bonchev–Trinajstić information content (AvgIpc) is 2.38. The lowest BCUT2D eigenvalue weighted by Crippen LogP contribution is -2.15. The minimum absolute atomic E-state index is 0.111. The molecule has 0 radical (unpaired) electrons. The zero-order valence-corrected chi connectivity index (χ0v) is 9.76. The fourth-order valence-electron chi connectivity index (χ4n) is 1.70. The van der Waals surface area contributed by atoms with Crippen molar-refractivity contribution >= 4 is 11.6 Å². The van der Waals surface area contributed by atoms with Crippen molar-refractivity contribution in [1.82, 2.24) is 0 Å². The number of carbonyl (C=O) groups is 1. The molecule has 4 N–H and O–H groups in total. The van der Waals surface area contributed by atoms with Gasteiger partial charge in [-0.2, -0.15) is 0 Å². The number of carbonyl (C=O) groups excluding carboxylic acids is 1. The monoisotopic (exact) mass is 242 g/mol. The lowest BCUT2D eigenvalue weighted by Gasteiger charge is -2.08. The molecule has 0 saturated heterocycles. The van der Waals surface area contributed by atoms with Crippen LogP contribution in [-0.2, 0) is 6.54 Å². The summed E-state index contributed by atoms with van der Waals surface area (Å²) in [6.45, 7) is 0.309. The van der Waals surface area contributed by atoms with Gasteiger partial charge in [-0.3, -0.25) is 4.79 Å². The number of hydrogen-bond acceptors (Lipinski definition) is 3. The summed E-state index contributed by atoms with van der Waals surface area (Å²) in [5, 5.41) is 12.0. The van der Waals surface area contributed by atoms with E-state index in [0.717, 1.165) is 5.56 Å². The molecule has 0 bridgehead atoms. The third kappa shape index (κ3) is 2.67. The summed E-state index contributed by atoms with van der Waals surface area (Å²) in [7, 11) is 0. The van der Waals surface area contributed by atoms with E-state index in [2.05, 4.69) is 5.32 Å². The summed E-state index contributed by atoms with van der Waals surface area (Å²) in [6.07, 6.45) is 0. The van der Waals surface area contributed by atoms with Gasteiger partial charge in [0.25, 0.3) is 5.91 Å². The summed E-state index contributed by atoms with van der Waals surface area (Å²) >= 11 is 0. The number of hydrogen-bond donors (Lipinski definition) is 3. The lowest BCUT2D eigenvalue weighted by molar-refractivity contribution is 0.102. The van der Waals surface area contributed by atoms with E-state index in [9.17, 15) is 9.90 Å². The van der Waals surface area contributed by atoms with Crippen molar-refractivity contribution in [3.8, 4) is 5.75 Å². The van der Waals surface area contributed by atoms with Gasteiger partial charge in [-0.15, -0.1) is 0 Å². The zero-order valence-electron chi connectivity index (χ0n) is 9.76.